The second kappa shape index (κ2) is 7.11. The van der Waals surface area contributed by atoms with Crippen LogP contribution < -0.4 is 10.6 Å². The lowest BCUT2D eigenvalue weighted by molar-refractivity contribution is 0.0170. The maximum Gasteiger partial charge on any atom is 0.317 e. The minimum absolute atomic E-state index is 0.00311. The van der Waals surface area contributed by atoms with E-state index >= 15 is 0 Å². The highest BCUT2D eigenvalue weighted by molar-refractivity contribution is 5.74. The van der Waals surface area contributed by atoms with E-state index in [2.05, 4.69) is 35.8 Å². The molecule has 5 heteroatoms. The number of aryl methyl sites for hydroxylation is 1. The van der Waals surface area contributed by atoms with E-state index in [0.717, 1.165) is 38.5 Å². The van der Waals surface area contributed by atoms with Gasteiger partial charge in [-0.3, -0.25) is 0 Å². The molecule has 2 amide bonds. The van der Waals surface area contributed by atoms with Gasteiger partial charge >= 0.3 is 6.03 Å². The van der Waals surface area contributed by atoms with Crippen molar-refractivity contribution in [3.05, 3.63) is 34.9 Å². The molecule has 0 aromatic heterocycles. The van der Waals surface area contributed by atoms with E-state index in [-0.39, 0.29) is 24.2 Å². The maximum absolute atomic E-state index is 12.1. The van der Waals surface area contributed by atoms with Crippen LogP contribution in [0.4, 0.5) is 4.79 Å². The Morgan fingerprint density at radius 2 is 2.12 bits per heavy atom. The molecule has 1 saturated carbocycles. The first-order valence-electron chi connectivity index (χ1n) is 8.91. The number of nitrogens with one attached hydrogen (secondary N) is 2. The predicted molar refractivity (Wildman–Crippen MR) is 92.7 cm³/mol. The molecule has 0 bridgehead atoms. The topological polar surface area (TPSA) is 70.6 Å². The van der Waals surface area contributed by atoms with Crippen molar-refractivity contribution in [2.45, 2.75) is 57.6 Å². The number of aliphatic hydroxyl groups excluding tert-OH is 1. The summed E-state index contributed by atoms with van der Waals surface area (Å²) in [6.45, 7) is 1.80. The molecule has 1 fully saturated rings. The Morgan fingerprint density at radius 1 is 1.38 bits per heavy atom. The van der Waals surface area contributed by atoms with Crippen molar-refractivity contribution >= 4 is 6.03 Å². The van der Waals surface area contributed by atoms with E-state index in [0.29, 0.717) is 6.10 Å². The van der Waals surface area contributed by atoms with E-state index in [1.807, 2.05) is 0 Å². The minimum atomic E-state index is -0.348. The van der Waals surface area contributed by atoms with Crippen LogP contribution in [0.3, 0.4) is 0 Å². The molecule has 132 valence electrons. The molecular formula is C19H28N2O3. The minimum Gasteiger partial charge on any atom is -0.381 e. The number of methoxy groups -OCH3 is 1. The Bertz CT molecular complexity index is 594. The SMILES string of the molecule is CCc1ccc2c(c1)C(NC(=O)NCO)[C@]1(CC[C@H](OC)CC1)C2. The van der Waals surface area contributed by atoms with Crippen LogP contribution in [0.5, 0.6) is 0 Å². The van der Waals surface area contributed by atoms with E-state index in [1.165, 1.54) is 16.7 Å². The summed E-state index contributed by atoms with van der Waals surface area (Å²) < 4.78 is 5.53. The zero-order valence-corrected chi connectivity index (χ0v) is 14.6. The molecule has 0 radical (unpaired) electrons. The quantitative estimate of drug-likeness (QED) is 0.743. The fourth-order valence-electron chi connectivity index (χ4n) is 4.46. The zero-order valence-electron chi connectivity index (χ0n) is 14.6. The number of ether oxygens (including phenoxy) is 1. The van der Waals surface area contributed by atoms with Crippen LogP contribution in [0, 0.1) is 5.41 Å². The summed E-state index contributed by atoms with van der Waals surface area (Å²) in [5.74, 6) is 0. The van der Waals surface area contributed by atoms with Crippen LogP contribution in [-0.2, 0) is 17.6 Å². The Balaban J connectivity index is 1.89. The third-order valence-electron chi connectivity index (χ3n) is 5.86. The molecule has 2 aliphatic carbocycles. The molecule has 1 aromatic rings. The number of hydrogen-bond donors (Lipinski definition) is 3. The average Bonchev–Trinajstić information content (AvgIpc) is 2.88. The summed E-state index contributed by atoms with van der Waals surface area (Å²) in [4.78, 5) is 12.1. The third kappa shape index (κ3) is 3.15. The molecule has 1 atom stereocenters. The van der Waals surface area contributed by atoms with Gasteiger partial charge in [-0.25, -0.2) is 4.79 Å². The van der Waals surface area contributed by atoms with Gasteiger partial charge in [0.25, 0.3) is 0 Å². The molecule has 1 aromatic carbocycles. The number of fused-ring (bicyclic) bond motifs is 1. The standard InChI is InChI=1S/C19H28N2O3/c1-3-13-4-5-14-11-19(8-6-15(24-2)7-9-19)17(16(14)10-13)21-18(23)20-12-22/h4-5,10,15,17,22H,3,6-9,11-12H2,1-2H3,(H2,20,21,23)/t15-,17?,19-. The predicted octanol–water partition coefficient (Wildman–Crippen LogP) is 2.67. The number of aliphatic hydroxyl groups is 1. The van der Waals surface area contributed by atoms with E-state index in [1.54, 1.807) is 7.11 Å². The van der Waals surface area contributed by atoms with Crippen molar-refractivity contribution in [1.82, 2.24) is 10.6 Å². The van der Waals surface area contributed by atoms with Gasteiger partial charge in [0.15, 0.2) is 0 Å². The number of rotatable bonds is 4. The van der Waals surface area contributed by atoms with Gasteiger partial charge in [0.05, 0.1) is 12.1 Å². The molecule has 3 N–H and O–H groups in total. The molecule has 0 heterocycles. The molecule has 24 heavy (non-hydrogen) atoms. The first-order valence-corrected chi connectivity index (χ1v) is 8.91. The molecule has 1 unspecified atom stereocenters. The summed E-state index contributed by atoms with van der Waals surface area (Å²) in [5.41, 5.74) is 3.96. The Kier molecular flexibility index (Phi) is 5.11. The molecule has 5 nitrogen and oxygen atoms in total. The maximum atomic E-state index is 12.1. The Morgan fingerprint density at radius 3 is 2.75 bits per heavy atom. The van der Waals surface area contributed by atoms with Crippen molar-refractivity contribution in [2.75, 3.05) is 13.8 Å². The number of urea groups is 1. The van der Waals surface area contributed by atoms with E-state index in [9.17, 15) is 4.79 Å². The smallest absolute Gasteiger partial charge is 0.317 e. The molecular weight excluding hydrogens is 304 g/mol. The molecule has 1 spiro atoms. The van der Waals surface area contributed by atoms with Gasteiger partial charge in [0, 0.05) is 7.11 Å². The van der Waals surface area contributed by atoms with Crippen molar-refractivity contribution < 1.29 is 14.6 Å². The lowest BCUT2D eigenvalue weighted by Gasteiger charge is -2.41. The fourth-order valence-corrected chi connectivity index (χ4v) is 4.46. The summed E-state index contributed by atoms with van der Waals surface area (Å²) in [6, 6.07) is 6.37. The van der Waals surface area contributed by atoms with Crippen LogP contribution in [0.25, 0.3) is 0 Å². The number of carbonyl (C=O) groups is 1. The summed E-state index contributed by atoms with van der Waals surface area (Å²) in [6.07, 6.45) is 6.49. The number of benzene rings is 1. The third-order valence-corrected chi connectivity index (χ3v) is 5.86. The Hall–Kier alpha value is -1.59. The molecule has 2 aliphatic rings. The van der Waals surface area contributed by atoms with E-state index in [4.69, 9.17) is 9.84 Å². The van der Waals surface area contributed by atoms with Crippen LogP contribution in [0.15, 0.2) is 18.2 Å². The molecule has 3 rings (SSSR count). The zero-order chi connectivity index (χ0) is 17.2. The van der Waals surface area contributed by atoms with Gasteiger partial charge in [0.2, 0.25) is 0 Å². The number of amides is 2. The van der Waals surface area contributed by atoms with Crippen LogP contribution in [0.2, 0.25) is 0 Å². The summed E-state index contributed by atoms with van der Waals surface area (Å²) in [5, 5.41) is 14.6. The largest absolute Gasteiger partial charge is 0.381 e. The Labute approximate surface area is 143 Å². The molecule has 0 aliphatic heterocycles. The van der Waals surface area contributed by atoms with Crippen molar-refractivity contribution in [3.8, 4) is 0 Å². The summed E-state index contributed by atoms with van der Waals surface area (Å²) in [7, 11) is 1.78. The lowest BCUT2D eigenvalue weighted by atomic mass is 9.68. The lowest BCUT2D eigenvalue weighted by Crippen LogP contribution is -2.45. The monoisotopic (exact) mass is 332 g/mol. The van der Waals surface area contributed by atoms with Gasteiger partial charge in [-0.05, 0) is 60.6 Å². The van der Waals surface area contributed by atoms with Crippen molar-refractivity contribution in [2.24, 2.45) is 5.41 Å². The van der Waals surface area contributed by atoms with Gasteiger partial charge in [-0.1, -0.05) is 25.1 Å². The van der Waals surface area contributed by atoms with Gasteiger partial charge in [0.1, 0.15) is 6.73 Å². The second-order valence-electron chi connectivity index (χ2n) is 7.10. The fraction of sp³-hybridized carbons (Fsp3) is 0.632. The average molecular weight is 332 g/mol. The van der Waals surface area contributed by atoms with Gasteiger partial charge < -0.3 is 20.5 Å². The highest BCUT2D eigenvalue weighted by Crippen LogP contribution is 2.54. The van der Waals surface area contributed by atoms with E-state index < -0.39 is 0 Å². The van der Waals surface area contributed by atoms with Crippen LogP contribution in [-0.4, -0.2) is 31.1 Å². The van der Waals surface area contributed by atoms with Crippen LogP contribution >= 0.6 is 0 Å². The van der Waals surface area contributed by atoms with Crippen molar-refractivity contribution in [1.29, 1.82) is 0 Å². The van der Waals surface area contributed by atoms with Crippen LogP contribution in [0.1, 0.15) is 55.3 Å². The highest BCUT2D eigenvalue weighted by atomic mass is 16.5. The number of carbonyl (C=O) groups excluding carboxylic acids is 1. The second-order valence-corrected chi connectivity index (χ2v) is 7.10. The highest BCUT2D eigenvalue weighted by Gasteiger charge is 2.48. The van der Waals surface area contributed by atoms with Crippen molar-refractivity contribution in [3.63, 3.8) is 0 Å². The van der Waals surface area contributed by atoms with Gasteiger partial charge in [-0.2, -0.15) is 0 Å². The molecule has 0 saturated heterocycles. The van der Waals surface area contributed by atoms with Gasteiger partial charge in [-0.15, -0.1) is 0 Å². The first kappa shape index (κ1) is 17.2. The summed E-state index contributed by atoms with van der Waals surface area (Å²) >= 11 is 0. The normalized spacial score (nSPS) is 28.6. The first-order chi connectivity index (χ1) is 11.6. The number of hydrogen-bond acceptors (Lipinski definition) is 3.